The third-order valence-corrected chi connectivity index (χ3v) is 5.09. The van der Waals surface area contributed by atoms with Crippen LogP contribution in [0.25, 0.3) is 0 Å². The molecule has 2 heteroatoms. The van der Waals surface area contributed by atoms with Crippen LogP contribution in [0.15, 0.2) is 18.2 Å². The molecule has 0 bridgehead atoms. The van der Waals surface area contributed by atoms with Crippen LogP contribution < -0.4 is 4.74 Å². The van der Waals surface area contributed by atoms with Crippen LogP contribution in [0.1, 0.15) is 56.1 Å². The Morgan fingerprint density at radius 3 is 2.58 bits per heavy atom. The SMILES string of the molecule is COc1ccc2c(c1)C(O)(C1CCCCCC1)CC2. The van der Waals surface area contributed by atoms with E-state index in [0.717, 1.165) is 24.2 Å². The topological polar surface area (TPSA) is 29.5 Å². The van der Waals surface area contributed by atoms with Crippen LogP contribution in [0.4, 0.5) is 0 Å². The summed E-state index contributed by atoms with van der Waals surface area (Å²) in [5.41, 5.74) is 1.85. The summed E-state index contributed by atoms with van der Waals surface area (Å²) in [6.07, 6.45) is 9.44. The first-order valence-corrected chi connectivity index (χ1v) is 7.64. The van der Waals surface area contributed by atoms with Crippen LogP contribution in [0.5, 0.6) is 5.75 Å². The molecule has 104 valence electrons. The number of methoxy groups -OCH3 is 1. The van der Waals surface area contributed by atoms with Crippen LogP contribution in [0.3, 0.4) is 0 Å². The minimum Gasteiger partial charge on any atom is -0.497 e. The first-order valence-electron chi connectivity index (χ1n) is 7.64. The largest absolute Gasteiger partial charge is 0.497 e. The lowest BCUT2D eigenvalue weighted by Crippen LogP contribution is -2.32. The summed E-state index contributed by atoms with van der Waals surface area (Å²) in [4.78, 5) is 0. The van der Waals surface area contributed by atoms with Gasteiger partial charge in [-0.25, -0.2) is 0 Å². The summed E-state index contributed by atoms with van der Waals surface area (Å²) in [6.45, 7) is 0. The Hall–Kier alpha value is -1.02. The number of benzene rings is 1. The molecule has 3 rings (SSSR count). The highest BCUT2D eigenvalue weighted by molar-refractivity contribution is 5.43. The molecule has 2 aliphatic carbocycles. The van der Waals surface area contributed by atoms with E-state index >= 15 is 0 Å². The standard InChI is InChI=1S/C17H24O2/c1-19-15-9-8-13-10-11-17(18,16(13)12-15)14-6-4-2-3-5-7-14/h8-9,12,14,18H,2-7,10-11H2,1H3. The van der Waals surface area contributed by atoms with Gasteiger partial charge in [-0.05, 0) is 54.9 Å². The van der Waals surface area contributed by atoms with Crippen molar-refractivity contribution in [2.45, 2.75) is 57.0 Å². The minimum atomic E-state index is -0.603. The molecule has 1 fully saturated rings. The fraction of sp³-hybridized carbons (Fsp3) is 0.647. The molecular formula is C17H24O2. The van der Waals surface area contributed by atoms with Gasteiger partial charge in [0, 0.05) is 0 Å². The Bertz CT molecular complexity index is 447. The number of rotatable bonds is 2. The fourth-order valence-electron chi connectivity index (χ4n) is 3.94. The van der Waals surface area contributed by atoms with E-state index in [0.29, 0.717) is 5.92 Å². The van der Waals surface area contributed by atoms with Crippen molar-refractivity contribution in [2.75, 3.05) is 7.11 Å². The van der Waals surface area contributed by atoms with Crippen LogP contribution in [-0.4, -0.2) is 12.2 Å². The second-order valence-corrected chi connectivity index (χ2v) is 6.14. The summed E-state index contributed by atoms with van der Waals surface area (Å²) in [5, 5.41) is 11.3. The predicted molar refractivity (Wildman–Crippen MR) is 76.4 cm³/mol. The summed E-state index contributed by atoms with van der Waals surface area (Å²) < 4.78 is 5.33. The molecule has 2 aliphatic rings. The van der Waals surface area contributed by atoms with Gasteiger partial charge in [-0.2, -0.15) is 0 Å². The van der Waals surface area contributed by atoms with E-state index in [4.69, 9.17) is 4.74 Å². The van der Waals surface area contributed by atoms with Crippen LogP contribution in [0.2, 0.25) is 0 Å². The van der Waals surface area contributed by atoms with Crippen LogP contribution in [-0.2, 0) is 12.0 Å². The summed E-state index contributed by atoms with van der Waals surface area (Å²) >= 11 is 0. The molecule has 2 nitrogen and oxygen atoms in total. The van der Waals surface area contributed by atoms with Crippen LogP contribution >= 0.6 is 0 Å². The number of fused-ring (bicyclic) bond motifs is 1. The van der Waals surface area contributed by atoms with E-state index < -0.39 is 5.60 Å². The average Bonchev–Trinajstić information content (AvgIpc) is 2.65. The van der Waals surface area contributed by atoms with Gasteiger partial charge in [0.15, 0.2) is 0 Å². The summed E-state index contributed by atoms with van der Waals surface area (Å²) in [5.74, 6) is 1.30. The maximum absolute atomic E-state index is 11.3. The number of hydrogen-bond donors (Lipinski definition) is 1. The molecule has 0 aromatic heterocycles. The van der Waals surface area contributed by atoms with Crippen molar-refractivity contribution in [3.63, 3.8) is 0 Å². The predicted octanol–water partition coefficient (Wildman–Crippen LogP) is 3.80. The number of hydrogen-bond acceptors (Lipinski definition) is 2. The third kappa shape index (κ3) is 2.27. The average molecular weight is 260 g/mol. The Morgan fingerprint density at radius 2 is 1.89 bits per heavy atom. The zero-order chi connectivity index (χ0) is 13.3. The highest BCUT2D eigenvalue weighted by atomic mass is 16.5. The summed E-state index contributed by atoms with van der Waals surface area (Å²) in [6, 6.07) is 6.20. The molecule has 1 aromatic rings. The number of ether oxygens (including phenoxy) is 1. The van der Waals surface area contributed by atoms with E-state index in [-0.39, 0.29) is 0 Å². The maximum atomic E-state index is 11.3. The highest BCUT2D eigenvalue weighted by Crippen LogP contribution is 2.47. The maximum Gasteiger partial charge on any atom is 0.119 e. The lowest BCUT2D eigenvalue weighted by molar-refractivity contribution is -0.0288. The van der Waals surface area contributed by atoms with Crippen molar-refractivity contribution in [1.29, 1.82) is 0 Å². The van der Waals surface area contributed by atoms with Gasteiger partial charge in [0.05, 0.1) is 12.7 Å². The van der Waals surface area contributed by atoms with Gasteiger partial charge in [0.1, 0.15) is 5.75 Å². The van der Waals surface area contributed by atoms with Gasteiger partial charge in [-0.15, -0.1) is 0 Å². The Balaban J connectivity index is 1.93. The van der Waals surface area contributed by atoms with Gasteiger partial charge in [-0.1, -0.05) is 31.7 Å². The smallest absolute Gasteiger partial charge is 0.119 e. The molecule has 0 radical (unpaired) electrons. The van der Waals surface area contributed by atoms with Gasteiger partial charge >= 0.3 is 0 Å². The second-order valence-electron chi connectivity index (χ2n) is 6.14. The molecule has 0 saturated heterocycles. The van der Waals surface area contributed by atoms with Gasteiger partial charge in [-0.3, -0.25) is 0 Å². The van der Waals surface area contributed by atoms with Crippen molar-refractivity contribution in [3.8, 4) is 5.75 Å². The highest BCUT2D eigenvalue weighted by Gasteiger charge is 2.43. The molecule has 0 heterocycles. The Kier molecular flexibility index (Phi) is 3.53. The van der Waals surface area contributed by atoms with Crippen molar-refractivity contribution in [1.82, 2.24) is 0 Å². The number of aliphatic hydroxyl groups is 1. The normalized spacial score (nSPS) is 27.9. The monoisotopic (exact) mass is 260 g/mol. The molecule has 1 N–H and O–H groups in total. The lowest BCUT2D eigenvalue weighted by Gasteiger charge is -2.33. The molecular weight excluding hydrogens is 236 g/mol. The second kappa shape index (κ2) is 5.16. The molecule has 1 unspecified atom stereocenters. The fourth-order valence-corrected chi connectivity index (χ4v) is 3.94. The van der Waals surface area contributed by atoms with Crippen LogP contribution in [0, 0.1) is 5.92 Å². The third-order valence-electron chi connectivity index (χ3n) is 5.09. The van der Waals surface area contributed by atoms with Gasteiger partial charge in [0.25, 0.3) is 0 Å². The number of aryl methyl sites for hydroxylation is 1. The molecule has 1 saturated carbocycles. The summed E-state index contributed by atoms with van der Waals surface area (Å²) in [7, 11) is 1.70. The van der Waals surface area contributed by atoms with E-state index in [2.05, 4.69) is 12.1 Å². The minimum absolute atomic E-state index is 0.434. The Labute approximate surface area is 115 Å². The quantitative estimate of drug-likeness (QED) is 0.820. The van der Waals surface area contributed by atoms with Gasteiger partial charge in [0.2, 0.25) is 0 Å². The molecule has 0 aliphatic heterocycles. The Morgan fingerprint density at radius 1 is 1.16 bits per heavy atom. The zero-order valence-corrected chi connectivity index (χ0v) is 11.8. The van der Waals surface area contributed by atoms with Crippen molar-refractivity contribution in [3.05, 3.63) is 29.3 Å². The molecule has 1 atom stereocenters. The van der Waals surface area contributed by atoms with E-state index in [1.165, 1.54) is 44.1 Å². The van der Waals surface area contributed by atoms with E-state index in [9.17, 15) is 5.11 Å². The van der Waals surface area contributed by atoms with E-state index in [1.807, 2.05) is 6.07 Å². The first kappa shape index (κ1) is 13.0. The van der Waals surface area contributed by atoms with Crippen molar-refractivity contribution in [2.24, 2.45) is 5.92 Å². The lowest BCUT2D eigenvalue weighted by atomic mass is 9.78. The molecule has 19 heavy (non-hydrogen) atoms. The van der Waals surface area contributed by atoms with E-state index in [1.54, 1.807) is 7.11 Å². The zero-order valence-electron chi connectivity index (χ0n) is 11.8. The molecule has 0 amide bonds. The van der Waals surface area contributed by atoms with Crippen molar-refractivity contribution < 1.29 is 9.84 Å². The molecule has 0 spiro atoms. The first-order chi connectivity index (χ1) is 9.24. The van der Waals surface area contributed by atoms with Gasteiger partial charge < -0.3 is 9.84 Å². The van der Waals surface area contributed by atoms with Crippen molar-refractivity contribution >= 4 is 0 Å². The molecule has 1 aromatic carbocycles.